The molecule has 0 atom stereocenters. The summed E-state index contributed by atoms with van der Waals surface area (Å²) in [5.74, 6) is 0.736. The number of halogens is 3. The first-order chi connectivity index (χ1) is 14.2. The van der Waals surface area contributed by atoms with Crippen LogP contribution in [0.2, 0.25) is 0 Å². The minimum Gasteiger partial charge on any atom is -0.379 e. The van der Waals surface area contributed by atoms with E-state index in [0.29, 0.717) is 0 Å². The highest BCUT2D eigenvalue weighted by Gasteiger charge is 2.10. The number of morpholine rings is 2. The maximum atomic E-state index is 5.55. The fourth-order valence-corrected chi connectivity index (χ4v) is 3.48. The summed E-state index contributed by atoms with van der Waals surface area (Å²) in [5.41, 5.74) is 0. The molecule has 4 rings (SSSR count). The minimum absolute atomic E-state index is 0.736. The number of H-pyrrole nitrogens is 1. The lowest BCUT2D eigenvalue weighted by Crippen LogP contribution is -2.38. The lowest BCUT2D eigenvalue weighted by atomic mass is 10.4. The van der Waals surface area contributed by atoms with E-state index in [1.54, 1.807) is 12.4 Å². The van der Waals surface area contributed by atoms with E-state index in [1.165, 1.54) is 0 Å². The summed E-state index contributed by atoms with van der Waals surface area (Å²) >= 11 is 12.1. The Labute approximate surface area is 194 Å². The zero-order valence-corrected chi connectivity index (χ0v) is 20.4. The first-order valence-electron chi connectivity index (χ1n) is 9.66. The standard InChI is InChI=1S/C9H14BrN3O.C6H12ClNO.C3H3BrN2/c10-9-7-11-13(8-9)2-1-12-3-5-14-6-4-12;7-1-2-8-3-5-9-6-4-8;4-3-1-5-6-2-3/h7-8H,1-6H2;1-6H2;1-2H,(H,5,6). The first kappa shape index (κ1) is 24.8. The molecule has 0 unspecified atom stereocenters. The third-order valence-corrected chi connectivity index (χ3v) is 5.33. The van der Waals surface area contributed by atoms with Gasteiger partial charge in [0.2, 0.25) is 0 Å². The number of nitrogens with one attached hydrogen (secondary N) is 1. The van der Waals surface area contributed by atoms with Gasteiger partial charge in [0.15, 0.2) is 0 Å². The molecule has 164 valence electrons. The van der Waals surface area contributed by atoms with E-state index in [1.807, 2.05) is 17.1 Å². The van der Waals surface area contributed by atoms with Crippen molar-refractivity contribution in [1.29, 1.82) is 0 Å². The topological polar surface area (TPSA) is 71.4 Å². The number of aromatic amines is 1. The van der Waals surface area contributed by atoms with Crippen molar-refractivity contribution in [2.24, 2.45) is 0 Å². The third kappa shape index (κ3) is 11.5. The van der Waals surface area contributed by atoms with Crippen LogP contribution in [0.5, 0.6) is 0 Å². The van der Waals surface area contributed by atoms with Crippen LogP contribution < -0.4 is 0 Å². The molecular weight excluding hydrogens is 527 g/mol. The van der Waals surface area contributed by atoms with E-state index in [4.69, 9.17) is 21.1 Å². The monoisotopic (exact) mass is 554 g/mol. The molecule has 0 radical (unpaired) electrons. The quantitative estimate of drug-likeness (QED) is 0.572. The SMILES string of the molecule is Brc1cn[nH]c1.Brc1cnn(CCN2CCOCC2)c1.ClCCN1CCOCC1. The molecule has 0 aromatic carbocycles. The zero-order valence-electron chi connectivity index (χ0n) is 16.5. The van der Waals surface area contributed by atoms with Gasteiger partial charge < -0.3 is 9.47 Å². The lowest BCUT2D eigenvalue weighted by molar-refractivity contribution is 0.0359. The van der Waals surface area contributed by atoms with Crippen molar-refractivity contribution < 1.29 is 9.47 Å². The van der Waals surface area contributed by atoms with Crippen molar-refractivity contribution in [1.82, 2.24) is 29.8 Å². The Balaban J connectivity index is 0.000000171. The van der Waals surface area contributed by atoms with E-state index in [-0.39, 0.29) is 0 Å². The van der Waals surface area contributed by atoms with E-state index >= 15 is 0 Å². The van der Waals surface area contributed by atoms with Crippen molar-refractivity contribution in [3.63, 3.8) is 0 Å². The largest absolute Gasteiger partial charge is 0.379 e. The summed E-state index contributed by atoms with van der Waals surface area (Å²) in [6.07, 6.45) is 7.28. The molecule has 2 aromatic rings. The number of hydrogen-bond donors (Lipinski definition) is 1. The summed E-state index contributed by atoms with van der Waals surface area (Å²) in [6.45, 7) is 10.7. The van der Waals surface area contributed by atoms with Crippen LogP contribution in [0.4, 0.5) is 0 Å². The Kier molecular flexibility index (Phi) is 13.1. The molecule has 4 heterocycles. The number of nitrogens with zero attached hydrogens (tertiary/aromatic N) is 5. The van der Waals surface area contributed by atoms with Crippen molar-refractivity contribution in [2.75, 3.05) is 71.6 Å². The van der Waals surface area contributed by atoms with Crippen LogP contribution in [0.25, 0.3) is 0 Å². The van der Waals surface area contributed by atoms with Gasteiger partial charge in [-0.15, -0.1) is 11.6 Å². The zero-order chi connectivity index (χ0) is 20.7. The number of ether oxygens (including phenoxy) is 2. The van der Waals surface area contributed by atoms with Gasteiger partial charge in [-0.05, 0) is 31.9 Å². The van der Waals surface area contributed by atoms with Crippen LogP contribution in [0.3, 0.4) is 0 Å². The molecule has 1 N–H and O–H groups in total. The van der Waals surface area contributed by atoms with Crippen molar-refractivity contribution in [3.05, 3.63) is 33.7 Å². The van der Waals surface area contributed by atoms with Gasteiger partial charge in [-0.1, -0.05) is 0 Å². The van der Waals surface area contributed by atoms with Crippen LogP contribution >= 0.6 is 43.5 Å². The van der Waals surface area contributed by atoms with Gasteiger partial charge >= 0.3 is 0 Å². The predicted octanol–water partition coefficient (Wildman–Crippen LogP) is 2.71. The molecule has 2 aliphatic rings. The van der Waals surface area contributed by atoms with Crippen molar-refractivity contribution in [3.8, 4) is 0 Å². The maximum absolute atomic E-state index is 5.55. The Bertz CT molecular complexity index is 631. The number of rotatable bonds is 5. The molecule has 0 saturated carbocycles. The molecule has 29 heavy (non-hydrogen) atoms. The highest BCUT2D eigenvalue weighted by molar-refractivity contribution is 9.10. The molecule has 2 saturated heterocycles. The van der Waals surface area contributed by atoms with Gasteiger partial charge in [0, 0.05) is 57.5 Å². The summed E-state index contributed by atoms with van der Waals surface area (Å²) in [5, 5.41) is 10.5. The molecule has 0 bridgehead atoms. The maximum Gasteiger partial charge on any atom is 0.0632 e. The summed E-state index contributed by atoms with van der Waals surface area (Å²) in [6, 6.07) is 0. The Hall–Kier alpha value is -0.490. The predicted molar refractivity (Wildman–Crippen MR) is 121 cm³/mol. The fraction of sp³-hybridized carbons (Fsp3) is 0.667. The van der Waals surface area contributed by atoms with Gasteiger partial charge in [0.05, 0.1) is 54.3 Å². The number of aromatic nitrogens is 4. The van der Waals surface area contributed by atoms with Gasteiger partial charge in [-0.3, -0.25) is 19.6 Å². The fourth-order valence-electron chi connectivity index (χ4n) is 2.71. The molecule has 2 fully saturated rings. The Morgan fingerprint density at radius 1 is 0.897 bits per heavy atom. The Morgan fingerprint density at radius 3 is 1.93 bits per heavy atom. The van der Waals surface area contributed by atoms with E-state index in [0.717, 1.165) is 87.1 Å². The second kappa shape index (κ2) is 15.3. The van der Waals surface area contributed by atoms with Crippen molar-refractivity contribution in [2.45, 2.75) is 6.54 Å². The van der Waals surface area contributed by atoms with E-state index in [9.17, 15) is 0 Å². The smallest absolute Gasteiger partial charge is 0.0632 e. The van der Waals surface area contributed by atoms with E-state index < -0.39 is 0 Å². The molecule has 0 aliphatic carbocycles. The van der Waals surface area contributed by atoms with Gasteiger partial charge in [0.25, 0.3) is 0 Å². The molecule has 0 amide bonds. The van der Waals surface area contributed by atoms with Gasteiger partial charge in [0.1, 0.15) is 0 Å². The summed E-state index contributed by atoms with van der Waals surface area (Å²) < 4.78 is 14.4. The number of alkyl halides is 1. The lowest BCUT2D eigenvalue weighted by Gasteiger charge is -2.26. The van der Waals surface area contributed by atoms with Crippen LogP contribution in [0, 0.1) is 0 Å². The van der Waals surface area contributed by atoms with Crippen molar-refractivity contribution >= 4 is 43.5 Å². The average molecular weight is 557 g/mol. The van der Waals surface area contributed by atoms with Crippen LogP contribution in [-0.4, -0.2) is 101 Å². The minimum atomic E-state index is 0.736. The highest BCUT2D eigenvalue weighted by atomic mass is 79.9. The van der Waals surface area contributed by atoms with Gasteiger partial charge in [-0.25, -0.2) is 0 Å². The molecule has 8 nitrogen and oxygen atoms in total. The second-order valence-corrected chi connectivity index (χ2v) is 8.64. The molecule has 2 aromatic heterocycles. The normalized spacial score (nSPS) is 17.8. The van der Waals surface area contributed by atoms with E-state index in [2.05, 4.69) is 57.0 Å². The summed E-state index contributed by atoms with van der Waals surface area (Å²) in [4.78, 5) is 4.72. The summed E-state index contributed by atoms with van der Waals surface area (Å²) in [7, 11) is 0. The molecular formula is C18H29Br2ClN6O2. The second-order valence-electron chi connectivity index (χ2n) is 6.44. The first-order valence-corrected chi connectivity index (χ1v) is 11.8. The molecule has 2 aliphatic heterocycles. The van der Waals surface area contributed by atoms with Gasteiger partial charge in [-0.2, -0.15) is 10.2 Å². The highest BCUT2D eigenvalue weighted by Crippen LogP contribution is 2.06. The number of hydrogen-bond acceptors (Lipinski definition) is 6. The molecule has 11 heteroatoms. The van der Waals surface area contributed by atoms with Crippen LogP contribution in [0.1, 0.15) is 0 Å². The Morgan fingerprint density at radius 2 is 1.52 bits per heavy atom. The average Bonchev–Trinajstić information content (AvgIpc) is 3.40. The third-order valence-electron chi connectivity index (χ3n) is 4.32. The van der Waals surface area contributed by atoms with Crippen LogP contribution in [-0.2, 0) is 16.0 Å². The van der Waals surface area contributed by atoms with Crippen LogP contribution in [0.15, 0.2) is 33.7 Å². The molecule has 0 spiro atoms.